The fourth-order valence-electron chi connectivity index (χ4n) is 3.66. The lowest BCUT2D eigenvalue weighted by molar-refractivity contribution is 0.0694. The lowest BCUT2D eigenvalue weighted by Crippen LogP contribution is -2.31. The molecule has 0 aliphatic carbocycles. The van der Waals surface area contributed by atoms with Crippen LogP contribution in [-0.2, 0) is 0 Å². The number of carbonyl (C=O) groups is 1. The normalized spacial score (nSPS) is 22.3. The maximum atomic E-state index is 14.8. The molecular formula is C17H18FN3O4. The summed E-state index contributed by atoms with van der Waals surface area (Å²) in [7, 11) is 0. The molecule has 2 atom stereocenters. The molecule has 0 radical (unpaired) electrons. The van der Waals surface area contributed by atoms with E-state index >= 15 is 0 Å². The predicted octanol–water partition coefficient (Wildman–Crippen LogP) is 1.17. The molecule has 2 aromatic rings. The highest BCUT2D eigenvalue weighted by Gasteiger charge is 2.32. The highest BCUT2D eigenvalue weighted by atomic mass is 19.1. The van der Waals surface area contributed by atoms with Crippen LogP contribution in [0.15, 0.2) is 17.1 Å². The summed E-state index contributed by atoms with van der Waals surface area (Å²) in [6.45, 7) is 3.28. The third kappa shape index (κ3) is 2.28. The van der Waals surface area contributed by atoms with Crippen LogP contribution in [0.3, 0.4) is 0 Å². The van der Waals surface area contributed by atoms with Crippen LogP contribution in [0.5, 0.6) is 5.75 Å². The Kier molecular flexibility index (Phi) is 3.47. The number of carboxylic acid groups (broad SMARTS) is 1. The van der Waals surface area contributed by atoms with Crippen molar-refractivity contribution in [2.24, 2.45) is 5.73 Å². The first kappa shape index (κ1) is 15.9. The average Bonchev–Trinajstić information content (AvgIpc) is 2.98. The summed E-state index contributed by atoms with van der Waals surface area (Å²) >= 11 is 0. The van der Waals surface area contributed by atoms with Gasteiger partial charge in [0.25, 0.3) is 5.56 Å². The molecule has 0 amide bonds. The van der Waals surface area contributed by atoms with E-state index in [2.05, 4.69) is 0 Å². The van der Waals surface area contributed by atoms with Gasteiger partial charge in [0.1, 0.15) is 11.3 Å². The van der Waals surface area contributed by atoms with E-state index in [1.165, 1.54) is 6.07 Å². The van der Waals surface area contributed by atoms with Gasteiger partial charge in [-0.2, -0.15) is 0 Å². The number of aromatic nitrogens is 1. The molecule has 0 spiro atoms. The van der Waals surface area contributed by atoms with E-state index in [4.69, 9.17) is 10.5 Å². The molecule has 3 N–H and O–H groups in total. The molecule has 2 aromatic heterocycles. The number of pyridine rings is 2. The molecule has 1 fully saturated rings. The van der Waals surface area contributed by atoms with E-state index in [0.717, 1.165) is 17.0 Å². The number of anilines is 1. The largest absolute Gasteiger partial charge is 0.488 e. The third-order valence-electron chi connectivity index (χ3n) is 4.94. The predicted molar refractivity (Wildman–Crippen MR) is 89.3 cm³/mol. The molecule has 1 saturated heterocycles. The Labute approximate surface area is 142 Å². The van der Waals surface area contributed by atoms with E-state index in [1.54, 1.807) is 0 Å². The second-order valence-corrected chi connectivity index (χ2v) is 6.70. The van der Waals surface area contributed by atoms with Gasteiger partial charge < -0.3 is 20.5 Å². The number of halogens is 1. The maximum Gasteiger partial charge on any atom is 0.341 e. The molecule has 4 rings (SSSR count). The van der Waals surface area contributed by atoms with Crippen LogP contribution >= 0.6 is 0 Å². The van der Waals surface area contributed by atoms with Gasteiger partial charge in [-0.25, -0.2) is 9.18 Å². The fourth-order valence-corrected chi connectivity index (χ4v) is 3.66. The first-order chi connectivity index (χ1) is 11.9. The quantitative estimate of drug-likeness (QED) is 0.846. The van der Waals surface area contributed by atoms with Gasteiger partial charge in [0, 0.05) is 25.0 Å². The molecule has 4 heterocycles. The number of rotatable bonds is 2. The second-order valence-electron chi connectivity index (χ2n) is 6.70. The summed E-state index contributed by atoms with van der Waals surface area (Å²) < 4.78 is 21.7. The highest BCUT2D eigenvalue weighted by molar-refractivity contribution is 5.90. The van der Waals surface area contributed by atoms with Crippen LogP contribution in [0, 0.1) is 5.82 Å². The molecule has 25 heavy (non-hydrogen) atoms. The second kappa shape index (κ2) is 5.45. The summed E-state index contributed by atoms with van der Waals surface area (Å²) in [6.07, 6.45) is 1.80. The molecule has 7 nitrogen and oxygen atoms in total. The molecular weight excluding hydrogens is 329 g/mol. The molecule has 0 bridgehead atoms. The van der Waals surface area contributed by atoms with Gasteiger partial charge in [-0.05, 0) is 18.1 Å². The van der Waals surface area contributed by atoms with Crippen LogP contribution in [0.2, 0.25) is 0 Å². The van der Waals surface area contributed by atoms with E-state index in [9.17, 15) is 19.1 Å². The minimum absolute atomic E-state index is 0.0404. The summed E-state index contributed by atoms with van der Waals surface area (Å²) in [6, 6.07) is 1.34. The molecule has 2 aliphatic rings. The molecule has 0 aromatic carbocycles. The number of aromatic carboxylic acids is 1. The number of nitrogens with two attached hydrogens (primary N) is 1. The first-order valence-electron chi connectivity index (χ1n) is 8.17. The van der Waals surface area contributed by atoms with E-state index in [0.29, 0.717) is 29.9 Å². The van der Waals surface area contributed by atoms with Crippen molar-refractivity contribution in [1.82, 2.24) is 4.40 Å². The lowest BCUT2D eigenvalue weighted by Gasteiger charge is -2.29. The Balaban J connectivity index is 2.07. The minimum Gasteiger partial charge on any atom is -0.488 e. The minimum atomic E-state index is -1.33. The number of hydrogen-bond donors (Lipinski definition) is 2. The molecule has 1 unspecified atom stereocenters. The van der Waals surface area contributed by atoms with Crippen LogP contribution in [0.4, 0.5) is 10.1 Å². The van der Waals surface area contributed by atoms with E-state index in [1.807, 2.05) is 11.8 Å². The lowest BCUT2D eigenvalue weighted by atomic mass is 9.96. The van der Waals surface area contributed by atoms with Gasteiger partial charge in [0.05, 0.1) is 18.3 Å². The number of nitrogens with zero attached hydrogens (tertiary/aromatic N) is 2. The van der Waals surface area contributed by atoms with Crippen LogP contribution in [-0.4, -0.2) is 41.2 Å². The van der Waals surface area contributed by atoms with Crippen molar-refractivity contribution in [3.8, 4) is 5.75 Å². The van der Waals surface area contributed by atoms with Crippen molar-refractivity contribution in [2.75, 3.05) is 24.6 Å². The van der Waals surface area contributed by atoms with Crippen molar-refractivity contribution in [2.45, 2.75) is 25.3 Å². The van der Waals surface area contributed by atoms with Crippen molar-refractivity contribution in [3.63, 3.8) is 0 Å². The van der Waals surface area contributed by atoms with Crippen molar-refractivity contribution in [3.05, 3.63) is 39.6 Å². The molecule has 132 valence electrons. The van der Waals surface area contributed by atoms with Gasteiger partial charge in [0.2, 0.25) is 0 Å². The number of ether oxygens (including phenoxy) is 1. The van der Waals surface area contributed by atoms with Gasteiger partial charge in [-0.1, -0.05) is 6.92 Å². The van der Waals surface area contributed by atoms with E-state index in [-0.39, 0.29) is 29.9 Å². The van der Waals surface area contributed by atoms with Crippen molar-refractivity contribution < 1.29 is 19.0 Å². The topological polar surface area (TPSA) is 97.3 Å². The Morgan fingerprint density at radius 3 is 2.88 bits per heavy atom. The standard InChI is InChI=1S/C17H18FN3O4/c1-8-7-25-15-13-10(8)4-11(17(23)24)16(22)21(13)6-12(18)14(15)20-3-2-9(19)5-20/h4,6,8-9H,2-3,5,7,19H2,1H3,(H,23,24)/t8-,9?/m0/s1. The number of hydrogen-bond acceptors (Lipinski definition) is 5. The highest BCUT2D eigenvalue weighted by Crippen LogP contribution is 2.42. The molecule has 0 saturated carbocycles. The van der Waals surface area contributed by atoms with E-state index < -0.39 is 17.3 Å². The third-order valence-corrected chi connectivity index (χ3v) is 4.94. The number of carboxylic acids is 1. The Bertz CT molecular complexity index is 955. The first-order valence-corrected chi connectivity index (χ1v) is 8.17. The van der Waals surface area contributed by atoms with Crippen LogP contribution in [0.25, 0.3) is 5.52 Å². The molecule has 8 heteroatoms. The zero-order valence-electron chi connectivity index (χ0n) is 13.7. The zero-order chi connectivity index (χ0) is 17.9. The van der Waals surface area contributed by atoms with Crippen LogP contribution < -0.4 is 20.9 Å². The Morgan fingerprint density at radius 1 is 1.48 bits per heavy atom. The van der Waals surface area contributed by atoms with Gasteiger partial charge >= 0.3 is 5.97 Å². The summed E-state index contributed by atoms with van der Waals surface area (Å²) in [5.41, 5.74) is 6.19. The molecule has 2 aliphatic heterocycles. The SMILES string of the molecule is C[C@H]1COc2c(N3CCC(N)C3)c(F)cn3c(=O)c(C(=O)O)cc1c23. The zero-order valence-corrected chi connectivity index (χ0v) is 13.7. The average molecular weight is 347 g/mol. The van der Waals surface area contributed by atoms with Crippen molar-refractivity contribution >= 4 is 17.2 Å². The summed E-state index contributed by atoms with van der Waals surface area (Å²) in [5.74, 6) is -1.77. The Morgan fingerprint density at radius 2 is 2.24 bits per heavy atom. The maximum absolute atomic E-state index is 14.8. The summed E-state index contributed by atoms with van der Waals surface area (Å²) in [5, 5.41) is 9.28. The Hall–Kier alpha value is -2.61. The van der Waals surface area contributed by atoms with Crippen molar-refractivity contribution in [1.29, 1.82) is 0 Å². The smallest absolute Gasteiger partial charge is 0.341 e. The fraction of sp³-hybridized carbons (Fsp3) is 0.412. The summed E-state index contributed by atoms with van der Waals surface area (Å²) in [4.78, 5) is 25.7. The van der Waals surface area contributed by atoms with Crippen LogP contribution in [0.1, 0.15) is 35.2 Å². The van der Waals surface area contributed by atoms with Gasteiger partial charge in [0.15, 0.2) is 11.6 Å². The van der Waals surface area contributed by atoms with Gasteiger partial charge in [-0.3, -0.25) is 9.20 Å². The van der Waals surface area contributed by atoms with Gasteiger partial charge in [-0.15, -0.1) is 0 Å². The monoisotopic (exact) mass is 347 g/mol.